The number of piperidine rings is 1. The van der Waals surface area contributed by atoms with E-state index in [-0.39, 0.29) is 41.6 Å². The quantitative estimate of drug-likeness (QED) is 0.524. The van der Waals surface area contributed by atoms with Gasteiger partial charge in [-0.2, -0.15) is 0 Å². The molecular weight excluding hydrogens is 448 g/mol. The first-order chi connectivity index (χ1) is 16.9. The summed E-state index contributed by atoms with van der Waals surface area (Å²) in [4.78, 5) is 45.4. The van der Waals surface area contributed by atoms with Gasteiger partial charge in [0.25, 0.3) is 0 Å². The highest BCUT2D eigenvalue weighted by Crippen LogP contribution is 2.32. The van der Waals surface area contributed by atoms with E-state index in [1.54, 1.807) is 12.1 Å². The van der Waals surface area contributed by atoms with E-state index in [4.69, 9.17) is 4.74 Å². The lowest BCUT2D eigenvalue weighted by Crippen LogP contribution is -2.60. The Bertz CT molecular complexity index is 889. The Kier molecular flexibility index (Phi) is 8.38. The first-order valence-corrected chi connectivity index (χ1v) is 12.5. The number of carbonyl (C=O) groups is 3. The number of likely N-dealkylation sites (tertiary alicyclic amines) is 1. The van der Waals surface area contributed by atoms with E-state index < -0.39 is 0 Å². The van der Waals surface area contributed by atoms with Gasteiger partial charge in [-0.1, -0.05) is 18.2 Å². The molecule has 0 radical (unpaired) electrons. The highest BCUT2D eigenvalue weighted by Gasteiger charge is 2.51. The molecule has 10 nitrogen and oxygen atoms in total. The molecule has 3 amide bonds. The largest absolute Gasteiger partial charge is 0.383 e. The van der Waals surface area contributed by atoms with Crippen LogP contribution < -0.4 is 15.8 Å². The van der Waals surface area contributed by atoms with Crippen LogP contribution in [-0.4, -0.2) is 111 Å². The lowest BCUT2D eigenvalue weighted by molar-refractivity contribution is -0.141. The van der Waals surface area contributed by atoms with E-state index in [0.717, 1.165) is 5.69 Å². The average Bonchev–Trinajstić information content (AvgIpc) is 3.18. The van der Waals surface area contributed by atoms with Crippen molar-refractivity contribution >= 4 is 23.4 Å². The van der Waals surface area contributed by atoms with Crippen LogP contribution in [0.5, 0.6) is 0 Å². The molecule has 3 aliphatic heterocycles. The zero-order chi connectivity index (χ0) is 24.9. The number of para-hydroxylation sites is 1. The fourth-order valence-corrected chi connectivity index (χ4v) is 5.27. The predicted octanol–water partition coefficient (Wildman–Crippen LogP) is -0.230. The second kappa shape index (κ2) is 11.5. The smallest absolute Gasteiger partial charge is 0.247 e. The normalized spacial score (nSPS) is 25.7. The third kappa shape index (κ3) is 6.00. The van der Waals surface area contributed by atoms with Crippen molar-refractivity contribution < 1.29 is 19.1 Å². The number of carbonyl (C=O) groups excluding carboxylic acids is 3. The van der Waals surface area contributed by atoms with Crippen molar-refractivity contribution in [1.82, 2.24) is 25.4 Å². The maximum atomic E-state index is 13.7. The summed E-state index contributed by atoms with van der Waals surface area (Å²) in [5.74, 6) is -0.543. The van der Waals surface area contributed by atoms with Crippen molar-refractivity contribution in [3.05, 3.63) is 30.3 Å². The van der Waals surface area contributed by atoms with E-state index in [1.165, 1.54) is 0 Å². The van der Waals surface area contributed by atoms with E-state index in [2.05, 4.69) is 20.5 Å². The van der Waals surface area contributed by atoms with Gasteiger partial charge in [-0.05, 0) is 26.0 Å². The summed E-state index contributed by atoms with van der Waals surface area (Å²) < 4.78 is 5.27. The number of amides is 3. The third-order valence-electron chi connectivity index (χ3n) is 7.04. The monoisotopic (exact) mass is 486 g/mol. The molecule has 0 saturated carbocycles. The Hall–Kier alpha value is -2.53. The summed E-state index contributed by atoms with van der Waals surface area (Å²) in [6, 6.07) is 9.39. The molecule has 3 aliphatic rings. The number of hydrogen-bond acceptors (Lipinski definition) is 7. The lowest BCUT2D eigenvalue weighted by Gasteiger charge is -2.42. The van der Waals surface area contributed by atoms with E-state index in [9.17, 15) is 14.4 Å². The predicted molar refractivity (Wildman–Crippen MR) is 132 cm³/mol. The highest BCUT2D eigenvalue weighted by molar-refractivity contribution is 5.98. The first-order valence-electron chi connectivity index (χ1n) is 12.5. The van der Waals surface area contributed by atoms with Crippen molar-refractivity contribution in [2.45, 2.75) is 25.9 Å². The molecule has 1 aromatic carbocycles. The van der Waals surface area contributed by atoms with E-state index >= 15 is 0 Å². The number of nitrogens with one attached hydrogen (secondary N) is 2. The molecule has 3 saturated heterocycles. The zero-order valence-electron chi connectivity index (χ0n) is 21.0. The fraction of sp³-hybridized carbons (Fsp3) is 0.640. The average molecular weight is 487 g/mol. The number of ether oxygens (including phenoxy) is 1. The standard InChI is InChI=1S/C25H38N6O4/c1-18(2)26-22(32)17-28-9-11-30(12-10-28)24(33)20-15-29(13-14-35-3)16-21-23(20)27-31(25(21)34)19-7-5-4-6-8-19/h4-8,18,20-21,23,27H,9-17H2,1-3H3,(H,26,32). The van der Waals surface area contributed by atoms with Crippen LogP contribution in [-0.2, 0) is 19.1 Å². The van der Waals surface area contributed by atoms with Crippen LogP contribution in [0.3, 0.4) is 0 Å². The minimum absolute atomic E-state index is 0.00195. The van der Waals surface area contributed by atoms with Crippen LogP contribution in [0.2, 0.25) is 0 Å². The summed E-state index contributed by atoms with van der Waals surface area (Å²) in [5, 5.41) is 4.53. The SMILES string of the molecule is COCCN1CC(C(=O)N2CCN(CC(=O)NC(C)C)CC2)C2NN(c3ccccc3)C(=O)C2C1. The van der Waals surface area contributed by atoms with Gasteiger partial charge in [0.1, 0.15) is 0 Å². The summed E-state index contributed by atoms with van der Waals surface area (Å²) in [7, 11) is 1.66. The maximum Gasteiger partial charge on any atom is 0.247 e. The molecule has 1 aromatic rings. The molecule has 4 rings (SSSR count). The van der Waals surface area contributed by atoms with Crippen LogP contribution >= 0.6 is 0 Å². The number of anilines is 1. The second-order valence-corrected chi connectivity index (χ2v) is 9.95. The van der Waals surface area contributed by atoms with E-state index in [1.807, 2.05) is 49.1 Å². The van der Waals surface area contributed by atoms with Crippen LogP contribution in [0.25, 0.3) is 0 Å². The van der Waals surface area contributed by atoms with Gasteiger partial charge in [0.2, 0.25) is 17.7 Å². The Morgan fingerprint density at radius 1 is 1.09 bits per heavy atom. The van der Waals surface area contributed by atoms with Gasteiger partial charge in [0, 0.05) is 59.0 Å². The number of rotatable bonds is 8. The van der Waals surface area contributed by atoms with Crippen LogP contribution in [0.15, 0.2) is 30.3 Å². The zero-order valence-corrected chi connectivity index (χ0v) is 21.0. The van der Waals surface area contributed by atoms with Crippen molar-refractivity contribution in [3.63, 3.8) is 0 Å². The summed E-state index contributed by atoms with van der Waals surface area (Å²) in [6.07, 6.45) is 0. The molecule has 3 fully saturated rings. The van der Waals surface area contributed by atoms with Crippen molar-refractivity contribution in [3.8, 4) is 0 Å². The van der Waals surface area contributed by atoms with Crippen LogP contribution in [0.1, 0.15) is 13.8 Å². The summed E-state index contributed by atoms with van der Waals surface area (Å²) in [6.45, 7) is 9.15. The van der Waals surface area contributed by atoms with Crippen LogP contribution in [0.4, 0.5) is 5.69 Å². The maximum absolute atomic E-state index is 13.7. The highest BCUT2D eigenvalue weighted by atomic mass is 16.5. The molecule has 0 spiro atoms. The minimum atomic E-state index is -0.334. The third-order valence-corrected chi connectivity index (χ3v) is 7.04. The lowest BCUT2D eigenvalue weighted by atomic mass is 9.83. The Balaban J connectivity index is 1.43. The Labute approximate surface area is 207 Å². The van der Waals surface area contributed by atoms with Gasteiger partial charge in [0.05, 0.1) is 36.7 Å². The van der Waals surface area contributed by atoms with Crippen LogP contribution in [0, 0.1) is 11.8 Å². The van der Waals surface area contributed by atoms with Gasteiger partial charge in [-0.15, -0.1) is 0 Å². The molecule has 3 atom stereocenters. The first kappa shape index (κ1) is 25.6. The molecule has 10 heteroatoms. The topological polar surface area (TPSA) is 97.5 Å². The molecule has 0 bridgehead atoms. The van der Waals surface area contributed by atoms with Crippen molar-refractivity contribution in [2.24, 2.45) is 11.8 Å². The summed E-state index contributed by atoms with van der Waals surface area (Å²) >= 11 is 0. The number of hydrazine groups is 1. The number of piperazine rings is 1. The molecule has 3 unspecified atom stereocenters. The molecule has 0 aliphatic carbocycles. The number of benzene rings is 1. The molecule has 0 aromatic heterocycles. The van der Waals surface area contributed by atoms with Gasteiger partial charge in [0.15, 0.2) is 0 Å². The number of methoxy groups -OCH3 is 1. The molecular formula is C25H38N6O4. The number of nitrogens with zero attached hydrogens (tertiary/aromatic N) is 4. The van der Waals surface area contributed by atoms with E-state index in [0.29, 0.717) is 59.0 Å². The van der Waals surface area contributed by atoms with Gasteiger partial charge in [-0.3, -0.25) is 24.2 Å². The van der Waals surface area contributed by atoms with Crippen molar-refractivity contribution in [2.75, 3.05) is 71.1 Å². The summed E-state index contributed by atoms with van der Waals surface area (Å²) in [5.41, 5.74) is 4.16. The number of fused-ring (bicyclic) bond motifs is 1. The number of hydrogen-bond donors (Lipinski definition) is 2. The van der Waals surface area contributed by atoms with Gasteiger partial charge >= 0.3 is 0 Å². The Morgan fingerprint density at radius 2 is 1.80 bits per heavy atom. The van der Waals surface area contributed by atoms with Gasteiger partial charge in [-0.25, -0.2) is 10.4 Å². The molecule has 3 heterocycles. The fourth-order valence-electron chi connectivity index (χ4n) is 5.27. The van der Waals surface area contributed by atoms with Gasteiger partial charge < -0.3 is 15.0 Å². The molecule has 35 heavy (non-hydrogen) atoms. The minimum Gasteiger partial charge on any atom is -0.383 e. The molecule has 2 N–H and O–H groups in total. The second-order valence-electron chi connectivity index (χ2n) is 9.95. The molecule has 192 valence electrons. The van der Waals surface area contributed by atoms with Crippen molar-refractivity contribution in [1.29, 1.82) is 0 Å². The Morgan fingerprint density at radius 3 is 2.46 bits per heavy atom.